The summed E-state index contributed by atoms with van der Waals surface area (Å²) in [7, 11) is 0. The number of thiophene rings is 1. The van der Waals surface area contributed by atoms with Crippen molar-refractivity contribution in [2.24, 2.45) is 0 Å². The van der Waals surface area contributed by atoms with Crippen LogP contribution in [0.3, 0.4) is 0 Å². The Morgan fingerprint density at radius 3 is 1.58 bits per heavy atom. The van der Waals surface area contributed by atoms with E-state index in [2.05, 4.69) is 198 Å². The van der Waals surface area contributed by atoms with Gasteiger partial charge in [0.2, 0.25) is 0 Å². The van der Waals surface area contributed by atoms with Gasteiger partial charge >= 0.3 is 0 Å². The van der Waals surface area contributed by atoms with E-state index in [4.69, 9.17) is 0 Å². The van der Waals surface area contributed by atoms with Crippen molar-refractivity contribution in [3.05, 3.63) is 196 Å². The summed E-state index contributed by atoms with van der Waals surface area (Å²) in [5.74, 6) is 0. The molecular formula is C57H47NS. The quantitative estimate of drug-likeness (QED) is 0.173. The third-order valence-corrected chi connectivity index (χ3v) is 15.2. The van der Waals surface area contributed by atoms with Gasteiger partial charge < -0.3 is 4.90 Å². The lowest BCUT2D eigenvalue weighted by Crippen LogP contribution is -2.32. The first-order valence-electron chi connectivity index (χ1n) is 21.3. The SMILES string of the molecule is CC(C)(C)c1ccc(N(c2ccc(C(C)(C)C)cc2)c2cccc3c2sc2c4c(ccc23)C2(c3ccccc3-c3ccccc32)c2ccc3c5c(ccc-4c25)CC3)cc1. The molecule has 0 N–H and O–H groups in total. The maximum absolute atomic E-state index is 2.50. The molecule has 0 fully saturated rings. The second-order valence-electron chi connectivity index (χ2n) is 19.2. The Morgan fingerprint density at radius 2 is 0.983 bits per heavy atom. The summed E-state index contributed by atoms with van der Waals surface area (Å²) < 4.78 is 2.69. The van der Waals surface area contributed by atoms with Gasteiger partial charge in [0.15, 0.2) is 0 Å². The van der Waals surface area contributed by atoms with Crippen molar-refractivity contribution in [1.29, 1.82) is 0 Å². The number of hydrogen-bond donors (Lipinski definition) is 0. The van der Waals surface area contributed by atoms with E-state index in [1.165, 1.54) is 115 Å². The van der Waals surface area contributed by atoms with Crippen molar-refractivity contribution < 1.29 is 0 Å². The third kappa shape index (κ3) is 4.73. The number of aryl methyl sites for hydroxylation is 2. The molecule has 59 heavy (non-hydrogen) atoms. The van der Waals surface area contributed by atoms with E-state index in [0.29, 0.717) is 0 Å². The van der Waals surface area contributed by atoms with Gasteiger partial charge in [0.1, 0.15) is 0 Å². The zero-order valence-electron chi connectivity index (χ0n) is 34.7. The maximum Gasteiger partial charge on any atom is 0.0726 e. The van der Waals surface area contributed by atoms with Crippen molar-refractivity contribution in [3.8, 4) is 22.3 Å². The van der Waals surface area contributed by atoms with Crippen LogP contribution in [-0.4, -0.2) is 0 Å². The highest BCUT2D eigenvalue weighted by Crippen LogP contribution is 2.64. The Bertz CT molecular complexity index is 3110. The lowest BCUT2D eigenvalue weighted by molar-refractivity contribution is 0.590. The molecule has 0 saturated heterocycles. The predicted molar refractivity (Wildman–Crippen MR) is 253 cm³/mol. The molecule has 9 aromatic rings. The minimum atomic E-state index is -0.419. The fraction of sp³-hybridized carbons (Fsp3) is 0.193. The molecule has 0 unspecified atom stereocenters. The molecule has 0 bridgehead atoms. The van der Waals surface area contributed by atoms with E-state index in [9.17, 15) is 0 Å². The zero-order chi connectivity index (χ0) is 40.0. The molecule has 1 aromatic heterocycles. The molecule has 0 atom stereocenters. The first kappa shape index (κ1) is 35.0. The van der Waals surface area contributed by atoms with Crippen molar-refractivity contribution in [2.75, 3.05) is 4.90 Å². The molecule has 3 aliphatic rings. The number of benzene rings is 8. The van der Waals surface area contributed by atoms with Crippen molar-refractivity contribution in [1.82, 2.24) is 0 Å². The molecule has 0 radical (unpaired) electrons. The maximum atomic E-state index is 2.50. The number of rotatable bonds is 3. The van der Waals surface area contributed by atoms with Gasteiger partial charge in [-0.2, -0.15) is 0 Å². The van der Waals surface area contributed by atoms with Crippen LogP contribution >= 0.6 is 11.3 Å². The molecule has 1 spiro atoms. The smallest absolute Gasteiger partial charge is 0.0726 e. The fourth-order valence-electron chi connectivity index (χ4n) is 11.1. The predicted octanol–water partition coefficient (Wildman–Crippen LogP) is 15.7. The number of fused-ring (bicyclic) bond motifs is 13. The summed E-state index contributed by atoms with van der Waals surface area (Å²) >= 11 is 1.98. The van der Waals surface area contributed by atoms with Crippen LogP contribution in [0, 0.1) is 0 Å². The van der Waals surface area contributed by atoms with Gasteiger partial charge in [-0.1, -0.05) is 163 Å². The highest BCUT2D eigenvalue weighted by atomic mass is 32.1. The van der Waals surface area contributed by atoms with Gasteiger partial charge in [0, 0.05) is 32.4 Å². The number of hydrogen-bond acceptors (Lipinski definition) is 2. The van der Waals surface area contributed by atoms with Crippen molar-refractivity contribution in [3.63, 3.8) is 0 Å². The average molecular weight is 778 g/mol. The summed E-state index contributed by atoms with van der Waals surface area (Å²) in [6.45, 7) is 13.8. The van der Waals surface area contributed by atoms with Crippen molar-refractivity contribution in [2.45, 2.75) is 70.6 Å². The van der Waals surface area contributed by atoms with Gasteiger partial charge in [-0.25, -0.2) is 0 Å². The average Bonchev–Trinajstić information content (AvgIpc) is 3.93. The highest BCUT2D eigenvalue weighted by Gasteiger charge is 2.51. The Hall–Kier alpha value is -5.96. The Labute approximate surface area is 351 Å². The summed E-state index contributed by atoms with van der Waals surface area (Å²) in [4.78, 5) is 2.49. The molecule has 12 rings (SSSR count). The molecular weight excluding hydrogens is 731 g/mol. The van der Waals surface area contributed by atoms with Crippen LogP contribution in [0.4, 0.5) is 17.1 Å². The van der Waals surface area contributed by atoms with Gasteiger partial charge in [-0.3, -0.25) is 0 Å². The van der Waals surface area contributed by atoms with Crippen LogP contribution in [0.2, 0.25) is 0 Å². The minimum Gasteiger partial charge on any atom is -0.309 e. The summed E-state index contributed by atoms with van der Waals surface area (Å²) in [6, 6.07) is 58.8. The molecule has 1 nitrogen and oxygen atoms in total. The van der Waals surface area contributed by atoms with E-state index >= 15 is 0 Å². The van der Waals surface area contributed by atoms with E-state index in [-0.39, 0.29) is 10.8 Å². The molecule has 1 heterocycles. The molecule has 0 amide bonds. The van der Waals surface area contributed by atoms with Crippen LogP contribution in [0.5, 0.6) is 0 Å². The molecule has 0 saturated carbocycles. The van der Waals surface area contributed by atoms with Crippen LogP contribution in [0.1, 0.15) is 86.1 Å². The Kier molecular flexibility index (Phi) is 7.16. The molecule has 2 heteroatoms. The summed E-state index contributed by atoms with van der Waals surface area (Å²) in [6.07, 6.45) is 2.23. The lowest BCUT2D eigenvalue weighted by atomic mass is 9.61. The summed E-state index contributed by atoms with van der Waals surface area (Å²) in [5, 5.41) is 5.60. The normalized spacial score (nSPS) is 14.6. The monoisotopic (exact) mass is 777 g/mol. The second kappa shape index (κ2) is 12.1. The number of anilines is 3. The fourth-order valence-corrected chi connectivity index (χ4v) is 12.4. The Morgan fingerprint density at radius 1 is 0.441 bits per heavy atom. The second-order valence-corrected chi connectivity index (χ2v) is 20.2. The first-order chi connectivity index (χ1) is 28.5. The molecule has 0 aliphatic heterocycles. The van der Waals surface area contributed by atoms with Crippen molar-refractivity contribution >= 4 is 59.3 Å². The topological polar surface area (TPSA) is 3.24 Å². The lowest BCUT2D eigenvalue weighted by Gasteiger charge is -2.40. The molecule has 8 aromatic carbocycles. The van der Waals surface area contributed by atoms with E-state index in [1.54, 1.807) is 0 Å². The minimum absolute atomic E-state index is 0.0719. The Balaban J connectivity index is 1.17. The first-order valence-corrected chi connectivity index (χ1v) is 22.1. The van der Waals surface area contributed by atoms with E-state index < -0.39 is 5.41 Å². The van der Waals surface area contributed by atoms with Crippen LogP contribution < -0.4 is 4.90 Å². The van der Waals surface area contributed by atoms with E-state index in [1.807, 2.05) is 11.3 Å². The van der Waals surface area contributed by atoms with Crippen LogP contribution in [-0.2, 0) is 29.1 Å². The zero-order valence-corrected chi connectivity index (χ0v) is 35.5. The summed E-state index contributed by atoms with van der Waals surface area (Å²) in [5.41, 5.74) is 20.1. The third-order valence-electron chi connectivity index (χ3n) is 13.9. The van der Waals surface area contributed by atoms with Gasteiger partial charge in [-0.05, 0) is 126 Å². The van der Waals surface area contributed by atoms with Crippen LogP contribution in [0.15, 0.2) is 152 Å². The van der Waals surface area contributed by atoms with Gasteiger partial charge in [0.05, 0.1) is 15.8 Å². The largest absolute Gasteiger partial charge is 0.309 e. The highest BCUT2D eigenvalue weighted by molar-refractivity contribution is 7.27. The standard InChI is InChI=1S/C57H47NS/c1-55(2,3)36-22-26-38(27-23-36)58(39-28-24-37(25-29-39)56(4,5)6)49-17-11-14-42-43-31-33-48-52(54(43)59-53(42)49)44-30-20-34-18-19-35-21-32-47(51(44)50(34)35)57(48)45-15-9-7-12-40(45)41-13-8-10-16-46(41)57/h7-17,20-33H,18-19H2,1-6H3. The molecule has 286 valence electrons. The van der Waals surface area contributed by atoms with Gasteiger partial charge in [0.25, 0.3) is 0 Å². The van der Waals surface area contributed by atoms with Crippen LogP contribution in [0.25, 0.3) is 53.2 Å². The van der Waals surface area contributed by atoms with Gasteiger partial charge in [-0.15, -0.1) is 11.3 Å². The molecule has 3 aliphatic carbocycles. The van der Waals surface area contributed by atoms with E-state index in [0.717, 1.165) is 12.8 Å². The number of nitrogens with zero attached hydrogens (tertiary/aromatic N) is 1.